The number of benzene rings is 1. The van der Waals surface area contributed by atoms with Crippen molar-refractivity contribution in [2.24, 2.45) is 5.73 Å². The van der Waals surface area contributed by atoms with Crippen LogP contribution in [0.5, 0.6) is 5.75 Å². The van der Waals surface area contributed by atoms with E-state index in [9.17, 15) is 4.79 Å². The lowest BCUT2D eigenvalue weighted by Gasteiger charge is -2.25. The standard InChI is InChI=1S/C14H21NO3/c1-10-6-5-7-12(8-10)18-11(2)9-14(3,15)13(16)17-4/h5-8,11H,9,15H2,1-4H3. The third-order valence-electron chi connectivity index (χ3n) is 2.69. The zero-order chi connectivity index (χ0) is 13.8. The van der Waals surface area contributed by atoms with Crippen molar-refractivity contribution in [3.05, 3.63) is 29.8 Å². The Morgan fingerprint density at radius 2 is 2.17 bits per heavy atom. The van der Waals surface area contributed by atoms with Gasteiger partial charge in [-0.25, -0.2) is 0 Å². The minimum atomic E-state index is -1.03. The highest BCUT2D eigenvalue weighted by Gasteiger charge is 2.32. The largest absolute Gasteiger partial charge is 0.491 e. The van der Waals surface area contributed by atoms with Gasteiger partial charge in [0.2, 0.25) is 0 Å². The second-order valence-electron chi connectivity index (χ2n) is 4.86. The summed E-state index contributed by atoms with van der Waals surface area (Å²) in [6.45, 7) is 5.53. The fourth-order valence-electron chi connectivity index (χ4n) is 1.88. The Morgan fingerprint density at radius 1 is 1.50 bits per heavy atom. The number of carbonyl (C=O) groups excluding carboxylic acids is 1. The number of hydrogen-bond donors (Lipinski definition) is 1. The lowest BCUT2D eigenvalue weighted by molar-refractivity contribution is -0.147. The molecule has 0 spiro atoms. The molecule has 2 unspecified atom stereocenters. The average molecular weight is 251 g/mol. The van der Waals surface area contributed by atoms with E-state index >= 15 is 0 Å². The topological polar surface area (TPSA) is 61.5 Å². The summed E-state index contributed by atoms with van der Waals surface area (Å²) in [7, 11) is 1.33. The Balaban J connectivity index is 2.61. The van der Waals surface area contributed by atoms with Gasteiger partial charge < -0.3 is 15.2 Å². The van der Waals surface area contributed by atoms with E-state index in [1.165, 1.54) is 7.11 Å². The monoisotopic (exact) mass is 251 g/mol. The first-order valence-electron chi connectivity index (χ1n) is 5.96. The van der Waals surface area contributed by atoms with E-state index in [1.807, 2.05) is 38.1 Å². The first-order chi connectivity index (χ1) is 8.35. The molecule has 0 saturated carbocycles. The van der Waals surface area contributed by atoms with Crippen molar-refractivity contribution in [2.75, 3.05) is 7.11 Å². The molecule has 18 heavy (non-hydrogen) atoms. The maximum atomic E-state index is 11.5. The molecule has 0 aliphatic heterocycles. The van der Waals surface area contributed by atoms with E-state index < -0.39 is 11.5 Å². The molecule has 4 nitrogen and oxygen atoms in total. The second kappa shape index (κ2) is 5.87. The van der Waals surface area contributed by atoms with E-state index in [4.69, 9.17) is 10.5 Å². The summed E-state index contributed by atoms with van der Waals surface area (Å²) in [4.78, 5) is 11.5. The van der Waals surface area contributed by atoms with Crippen LogP contribution in [0.4, 0.5) is 0 Å². The Bertz CT molecular complexity index is 415. The van der Waals surface area contributed by atoms with Crippen LogP contribution in [0.1, 0.15) is 25.8 Å². The Morgan fingerprint density at radius 3 is 2.72 bits per heavy atom. The molecule has 0 aromatic heterocycles. The van der Waals surface area contributed by atoms with E-state index in [-0.39, 0.29) is 6.10 Å². The number of ether oxygens (including phenoxy) is 2. The van der Waals surface area contributed by atoms with Crippen LogP contribution in [0.2, 0.25) is 0 Å². The smallest absolute Gasteiger partial charge is 0.325 e. The normalized spacial score (nSPS) is 15.6. The van der Waals surface area contributed by atoms with Crippen molar-refractivity contribution < 1.29 is 14.3 Å². The molecule has 0 aliphatic carbocycles. The van der Waals surface area contributed by atoms with E-state index in [0.717, 1.165) is 11.3 Å². The van der Waals surface area contributed by atoms with Gasteiger partial charge in [-0.05, 0) is 38.5 Å². The zero-order valence-corrected chi connectivity index (χ0v) is 11.4. The SMILES string of the molecule is COC(=O)C(C)(N)CC(C)Oc1cccc(C)c1. The molecule has 1 rings (SSSR count). The van der Waals surface area contributed by atoms with Gasteiger partial charge in [-0.2, -0.15) is 0 Å². The number of nitrogens with two attached hydrogens (primary N) is 1. The summed E-state index contributed by atoms with van der Waals surface area (Å²) in [5, 5.41) is 0. The summed E-state index contributed by atoms with van der Waals surface area (Å²) < 4.78 is 10.4. The number of carbonyl (C=O) groups is 1. The molecule has 0 heterocycles. The van der Waals surface area contributed by atoms with Gasteiger partial charge in [-0.15, -0.1) is 0 Å². The molecule has 1 aromatic rings. The molecule has 0 radical (unpaired) electrons. The summed E-state index contributed by atoms with van der Waals surface area (Å²) in [5.74, 6) is 0.352. The summed E-state index contributed by atoms with van der Waals surface area (Å²) in [5.41, 5.74) is 6.00. The van der Waals surface area contributed by atoms with Crippen LogP contribution in [-0.2, 0) is 9.53 Å². The third kappa shape index (κ3) is 4.04. The summed E-state index contributed by atoms with van der Waals surface area (Å²) >= 11 is 0. The van der Waals surface area contributed by atoms with Crippen molar-refractivity contribution in [1.29, 1.82) is 0 Å². The molecule has 2 atom stereocenters. The molecular weight excluding hydrogens is 230 g/mol. The molecule has 0 fully saturated rings. The molecule has 1 aromatic carbocycles. The van der Waals surface area contributed by atoms with E-state index in [1.54, 1.807) is 6.92 Å². The number of rotatable bonds is 5. The first kappa shape index (κ1) is 14.5. The van der Waals surface area contributed by atoms with Crippen molar-refractivity contribution in [3.8, 4) is 5.75 Å². The minimum absolute atomic E-state index is 0.166. The van der Waals surface area contributed by atoms with Crippen LogP contribution >= 0.6 is 0 Å². The van der Waals surface area contributed by atoms with Gasteiger partial charge in [0.05, 0.1) is 13.2 Å². The molecule has 0 amide bonds. The quantitative estimate of drug-likeness (QED) is 0.813. The highest BCUT2D eigenvalue weighted by atomic mass is 16.5. The van der Waals surface area contributed by atoms with Crippen molar-refractivity contribution in [3.63, 3.8) is 0 Å². The van der Waals surface area contributed by atoms with Gasteiger partial charge in [0, 0.05) is 6.42 Å². The zero-order valence-electron chi connectivity index (χ0n) is 11.4. The first-order valence-corrected chi connectivity index (χ1v) is 5.96. The molecule has 100 valence electrons. The van der Waals surface area contributed by atoms with Gasteiger partial charge in [0.15, 0.2) is 0 Å². The van der Waals surface area contributed by atoms with Crippen LogP contribution in [0, 0.1) is 6.92 Å². The fraction of sp³-hybridized carbons (Fsp3) is 0.500. The van der Waals surface area contributed by atoms with Gasteiger partial charge in [-0.1, -0.05) is 12.1 Å². The maximum Gasteiger partial charge on any atom is 0.325 e. The molecule has 4 heteroatoms. The number of hydrogen-bond acceptors (Lipinski definition) is 4. The maximum absolute atomic E-state index is 11.5. The van der Waals surface area contributed by atoms with Gasteiger partial charge in [0.25, 0.3) is 0 Å². The lowest BCUT2D eigenvalue weighted by Crippen LogP contribution is -2.48. The van der Waals surface area contributed by atoms with Crippen LogP contribution in [0.3, 0.4) is 0 Å². The van der Waals surface area contributed by atoms with E-state index in [0.29, 0.717) is 6.42 Å². The third-order valence-corrected chi connectivity index (χ3v) is 2.69. The predicted molar refractivity (Wildman–Crippen MR) is 70.5 cm³/mol. The Labute approximate surface area is 108 Å². The Hall–Kier alpha value is -1.55. The number of methoxy groups -OCH3 is 1. The molecule has 0 bridgehead atoms. The lowest BCUT2D eigenvalue weighted by atomic mass is 9.96. The number of esters is 1. The van der Waals surface area contributed by atoms with Gasteiger partial charge in [0.1, 0.15) is 11.3 Å². The van der Waals surface area contributed by atoms with Crippen LogP contribution in [0.25, 0.3) is 0 Å². The highest BCUT2D eigenvalue weighted by Crippen LogP contribution is 2.18. The fourth-order valence-corrected chi connectivity index (χ4v) is 1.88. The molecule has 2 N–H and O–H groups in total. The molecule has 0 aliphatic rings. The van der Waals surface area contributed by atoms with Crippen LogP contribution < -0.4 is 10.5 Å². The van der Waals surface area contributed by atoms with Gasteiger partial charge in [-0.3, -0.25) is 4.79 Å². The molecular formula is C14H21NO3. The van der Waals surface area contributed by atoms with Crippen LogP contribution in [0.15, 0.2) is 24.3 Å². The van der Waals surface area contributed by atoms with E-state index in [2.05, 4.69) is 4.74 Å². The van der Waals surface area contributed by atoms with Gasteiger partial charge >= 0.3 is 5.97 Å². The summed E-state index contributed by atoms with van der Waals surface area (Å²) in [6.07, 6.45) is 0.231. The Kier molecular flexibility index (Phi) is 4.73. The molecule has 0 saturated heterocycles. The van der Waals surface area contributed by atoms with Crippen molar-refractivity contribution in [2.45, 2.75) is 38.8 Å². The number of aryl methyl sites for hydroxylation is 1. The second-order valence-corrected chi connectivity index (χ2v) is 4.86. The minimum Gasteiger partial charge on any atom is -0.491 e. The van der Waals surface area contributed by atoms with Crippen molar-refractivity contribution in [1.82, 2.24) is 0 Å². The predicted octanol–water partition coefficient (Wildman–Crippen LogP) is 2.04. The summed E-state index contributed by atoms with van der Waals surface area (Å²) in [6, 6.07) is 7.76. The van der Waals surface area contributed by atoms with Crippen LogP contribution in [-0.4, -0.2) is 24.7 Å². The highest BCUT2D eigenvalue weighted by molar-refractivity contribution is 5.79. The van der Waals surface area contributed by atoms with Crippen molar-refractivity contribution >= 4 is 5.97 Å². The average Bonchev–Trinajstić information content (AvgIpc) is 2.26.